The zero-order chi connectivity index (χ0) is 45.8. The van der Waals surface area contributed by atoms with Crippen molar-refractivity contribution in [3.05, 3.63) is 60.8 Å². The molecule has 0 aromatic carbocycles. The van der Waals surface area contributed by atoms with E-state index in [1.54, 1.807) is 0 Å². The Morgan fingerprint density at radius 2 is 0.619 bits per heavy atom. The predicted octanol–water partition coefficient (Wildman–Crippen LogP) is 17.6. The lowest BCUT2D eigenvalue weighted by Crippen LogP contribution is -2.30. The van der Waals surface area contributed by atoms with Gasteiger partial charge in [-0.25, -0.2) is 0 Å². The van der Waals surface area contributed by atoms with Gasteiger partial charge in [0.05, 0.1) is 0 Å². The van der Waals surface area contributed by atoms with Gasteiger partial charge in [0, 0.05) is 19.3 Å². The second kappa shape index (κ2) is 51.7. The summed E-state index contributed by atoms with van der Waals surface area (Å²) in [5.41, 5.74) is 0. The van der Waals surface area contributed by atoms with Gasteiger partial charge in [0.1, 0.15) is 13.2 Å². The van der Waals surface area contributed by atoms with E-state index in [-0.39, 0.29) is 31.1 Å². The van der Waals surface area contributed by atoms with Gasteiger partial charge >= 0.3 is 17.9 Å². The molecule has 63 heavy (non-hydrogen) atoms. The summed E-state index contributed by atoms with van der Waals surface area (Å²) in [5.74, 6) is -0.894. The molecule has 0 aromatic rings. The molecule has 364 valence electrons. The molecule has 0 spiro atoms. The van der Waals surface area contributed by atoms with Crippen LogP contribution in [0, 0.1) is 0 Å². The molecule has 0 amide bonds. The molecule has 0 aromatic heterocycles. The van der Waals surface area contributed by atoms with Crippen molar-refractivity contribution in [1.29, 1.82) is 0 Å². The van der Waals surface area contributed by atoms with Gasteiger partial charge in [-0.05, 0) is 83.5 Å². The van der Waals surface area contributed by atoms with Crippen LogP contribution in [-0.2, 0) is 28.6 Å². The summed E-state index contributed by atoms with van der Waals surface area (Å²) >= 11 is 0. The number of rotatable bonds is 48. The van der Waals surface area contributed by atoms with Crippen LogP contribution in [0.5, 0.6) is 0 Å². The number of carbonyl (C=O) groups excluding carboxylic acids is 3. The van der Waals surface area contributed by atoms with Gasteiger partial charge < -0.3 is 14.2 Å². The van der Waals surface area contributed by atoms with Gasteiger partial charge in [-0.3, -0.25) is 14.4 Å². The van der Waals surface area contributed by atoms with E-state index in [1.807, 2.05) is 0 Å². The van der Waals surface area contributed by atoms with Crippen LogP contribution >= 0.6 is 0 Å². The molecule has 0 rings (SSSR count). The lowest BCUT2D eigenvalue weighted by atomic mass is 10.1. The first-order valence-corrected chi connectivity index (χ1v) is 26.8. The second-order valence-corrected chi connectivity index (χ2v) is 17.8. The summed E-state index contributed by atoms with van der Waals surface area (Å²) in [4.78, 5) is 37.9. The molecule has 0 heterocycles. The molecule has 0 radical (unpaired) electrons. The smallest absolute Gasteiger partial charge is 0.306 e. The molecule has 1 atom stereocenters. The number of hydrogen-bond donors (Lipinski definition) is 0. The standard InChI is InChI=1S/C57H100O6/c1-4-7-10-13-16-19-21-23-25-27-28-30-31-33-35-38-41-44-47-50-56(59)62-53-54(52-61-55(58)49-46-43-40-37-18-15-12-9-6-3)63-57(60)51-48-45-42-39-36-34-32-29-26-24-22-20-17-14-11-8-5-2/h7,10,16,19,23-26,28,30,54H,4-6,8-9,11-15,17-18,20-22,27,29,31-53H2,1-3H3/b10-7-,19-16-,25-23-,26-24-,30-28-. The molecule has 0 bridgehead atoms. The second-order valence-electron chi connectivity index (χ2n) is 17.8. The highest BCUT2D eigenvalue weighted by atomic mass is 16.6. The Kier molecular flexibility index (Phi) is 49.4. The van der Waals surface area contributed by atoms with Crippen LogP contribution in [0.3, 0.4) is 0 Å². The van der Waals surface area contributed by atoms with E-state index < -0.39 is 6.10 Å². The lowest BCUT2D eigenvalue weighted by molar-refractivity contribution is -0.167. The fourth-order valence-electron chi connectivity index (χ4n) is 7.49. The van der Waals surface area contributed by atoms with Crippen LogP contribution in [0.15, 0.2) is 60.8 Å². The van der Waals surface area contributed by atoms with Gasteiger partial charge in [0.15, 0.2) is 6.10 Å². The quantitative estimate of drug-likeness (QED) is 0.0262. The molecular formula is C57H100O6. The van der Waals surface area contributed by atoms with Crippen molar-refractivity contribution >= 4 is 17.9 Å². The van der Waals surface area contributed by atoms with E-state index in [0.717, 1.165) is 89.9 Å². The molecule has 0 aliphatic rings. The third-order valence-electron chi connectivity index (χ3n) is 11.5. The summed E-state index contributed by atoms with van der Waals surface area (Å²) in [6.07, 6.45) is 63.5. The van der Waals surface area contributed by atoms with E-state index in [0.29, 0.717) is 19.3 Å². The Morgan fingerprint density at radius 1 is 0.333 bits per heavy atom. The average molecular weight is 881 g/mol. The van der Waals surface area contributed by atoms with Crippen LogP contribution in [0.1, 0.15) is 265 Å². The minimum Gasteiger partial charge on any atom is -0.462 e. The van der Waals surface area contributed by atoms with Gasteiger partial charge in [-0.15, -0.1) is 0 Å². The minimum atomic E-state index is -0.779. The third-order valence-corrected chi connectivity index (χ3v) is 11.5. The summed E-state index contributed by atoms with van der Waals surface area (Å²) in [6, 6.07) is 0. The van der Waals surface area contributed by atoms with Crippen molar-refractivity contribution in [1.82, 2.24) is 0 Å². The van der Waals surface area contributed by atoms with Crippen LogP contribution in [0.25, 0.3) is 0 Å². The van der Waals surface area contributed by atoms with Crippen LogP contribution < -0.4 is 0 Å². The van der Waals surface area contributed by atoms with Gasteiger partial charge in [0.2, 0.25) is 0 Å². The maximum Gasteiger partial charge on any atom is 0.306 e. The first kappa shape index (κ1) is 60.1. The van der Waals surface area contributed by atoms with Crippen molar-refractivity contribution in [2.75, 3.05) is 13.2 Å². The Hall–Kier alpha value is -2.89. The zero-order valence-electron chi connectivity index (χ0n) is 41.6. The number of carbonyl (C=O) groups is 3. The SMILES string of the molecule is CC/C=C\C/C=C\C/C=C\C/C=C\CCCCCCCCC(=O)OCC(COC(=O)CCCCCCCCCCC)OC(=O)CCCCCCCCC/C=C\CCCCCCCC. The van der Waals surface area contributed by atoms with E-state index in [9.17, 15) is 14.4 Å². The largest absolute Gasteiger partial charge is 0.462 e. The molecule has 6 heteroatoms. The maximum atomic E-state index is 12.8. The monoisotopic (exact) mass is 881 g/mol. The molecule has 0 saturated heterocycles. The van der Waals surface area contributed by atoms with Gasteiger partial charge in [0.25, 0.3) is 0 Å². The van der Waals surface area contributed by atoms with E-state index >= 15 is 0 Å². The van der Waals surface area contributed by atoms with Crippen molar-refractivity contribution in [2.24, 2.45) is 0 Å². The highest BCUT2D eigenvalue weighted by molar-refractivity contribution is 5.71. The average Bonchev–Trinajstić information content (AvgIpc) is 3.28. The molecule has 0 N–H and O–H groups in total. The predicted molar refractivity (Wildman–Crippen MR) is 270 cm³/mol. The van der Waals surface area contributed by atoms with E-state index in [1.165, 1.54) is 135 Å². The molecule has 0 saturated carbocycles. The number of unbranched alkanes of at least 4 members (excludes halogenated alkanes) is 27. The van der Waals surface area contributed by atoms with Crippen LogP contribution in [0.4, 0.5) is 0 Å². The Bertz CT molecular complexity index is 1150. The summed E-state index contributed by atoms with van der Waals surface area (Å²) < 4.78 is 16.8. The van der Waals surface area contributed by atoms with Crippen molar-refractivity contribution in [3.63, 3.8) is 0 Å². The first-order valence-electron chi connectivity index (χ1n) is 26.8. The highest BCUT2D eigenvalue weighted by Gasteiger charge is 2.19. The fourth-order valence-corrected chi connectivity index (χ4v) is 7.49. The van der Waals surface area contributed by atoms with E-state index in [4.69, 9.17) is 14.2 Å². The Labute approximate surface area is 390 Å². The number of hydrogen-bond acceptors (Lipinski definition) is 6. The first-order chi connectivity index (χ1) is 31.0. The van der Waals surface area contributed by atoms with Gasteiger partial charge in [-0.1, -0.05) is 223 Å². The zero-order valence-corrected chi connectivity index (χ0v) is 41.6. The van der Waals surface area contributed by atoms with Gasteiger partial charge in [-0.2, -0.15) is 0 Å². The molecule has 0 aliphatic heterocycles. The number of ether oxygens (including phenoxy) is 3. The third kappa shape index (κ3) is 50.0. The molecule has 1 unspecified atom stereocenters. The molecule has 0 fully saturated rings. The number of esters is 3. The Morgan fingerprint density at radius 3 is 0.984 bits per heavy atom. The fraction of sp³-hybridized carbons (Fsp3) is 0.772. The Balaban J connectivity index is 4.33. The van der Waals surface area contributed by atoms with Crippen molar-refractivity contribution in [3.8, 4) is 0 Å². The highest BCUT2D eigenvalue weighted by Crippen LogP contribution is 2.15. The lowest BCUT2D eigenvalue weighted by Gasteiger charge is -2.18. The van der Waals surface area contributed by atoms with Crippen LogP contribution in [-0.4, -0.2) is 37.2 Å². The van der Waals surface area contributed by atoms with Crippen molar-refractivity contribution in [2.45, 2.75) is 271 Å². The summed E-state index contributed by atoms with van der Waals surface area (Å²) in [7, 11) is 0. The van der Waals surface area contributed by atoms with Crippen molar-refractivity contribution < 1.29 is 28.6 Å². The molecule has 0 aliphatic carbocycles. The summed E-state index contributed by atoms with van der Waals surface area (Å²) in [5, 5.41) is 0. The normalized spacial score (nSPS) is 12.5. The van der Waals surface area contributed by atoms with E-state index in [2.05, 4.69) is 81.5 Å². The topological polar surface area (TPSA) is 78.9 Å². The molecular weight excluding hydrogens is 781 g/mol. The maximum absolute atomic E-state index is 12.8. The molecule has 6 nitrogen and oxygen atoms in total. The van der Waals surface area contributed by atoms with Crippen LogP contribution in [0.2, 0.25) is 0 Å². The minimum absolute atomic E-state index is 0.0789. The number of allylic oxidation sites excluding steroid dienone is 10. The summed E-state index contributed by atoms with van der Waals surface area (Å²) in [6.45, 7) is 6.50.